The highest BCUT2D eigenvalue weighted by Gasteiger charge is 2.63. The van der Waals surface area contributed by atoms with Crippen LogP contribution < -0.4 is 0 Å². The lowest BCUT2D eigenvalue weighted by molar-refractivity contribution is -0.315. The highest BCUT2D eigenvalue weighted by atomic mass is 19.3. The molecule has 2 fully saturated rings. The monoisotopic (exact) mass is 314 g/mol. The summed E-state index contributed by atoms with van der Waals surface area (Å²) in [6.07, 6.45) is -9.68. The van der Waals surface area contributed by atoms with Crippen LogP contribution in [-0.4, -0.2) is 70.5 Å². The maximum absolute atomic E-state index is 12.6. The normalized spacial score (nSPS) is 43.2. The Hall–Kier alpha value is -0.910. The highest BCUT2D eigenvalue weighted by Crippen LogP contribution is 2.39. The first-order valence-electron chi connectivity index (χ1n) is 6.14. The fourth-order valence-electron chi connectivity index (χ4n) is 2.28. The van der Waals surface area contributed by atoms with Crippen LogP contribution in [0.3, 0.4) is 0 Å². The molecule has 0 amide bonds. The van der Waals surface area contributed by atoms with Gasteiger partial charge in [0.2, 0.25) is 6.29 Å². The maximum Gasteiger partial charge on any atom is 0.367 e. The average Bonchev–Trinajstić information content (AvgIpc) is 2.61. The van der Waals surface area contributed by atoms with Crippen LogP contribution >= 0.6 is 0 Å². The van der Waals surface area contributed by atoms with E-state index in [1.807, 2.05) is 0 Å². The molecule has 0 spiro atoms. The lowest BCUT2D eigenvalue weighted by Gasteiger charge is -2.38. The summed E-state index contributed by atoms with van der Waals surface area (Å²) < 4.78 is 44.8. The van der Waals surface area contributed by atoms with Gasteiger partial charge >= 0.3 is 5.97 Å². The first kappa shape index (κ1) is 16.5. The van der Waals surface area contributed by atoms with Crippen molar-refractivity contribution in [3.63, 3.8) is 0 Å². The zero-order valence-corrected chi connectivity index (χ0v) is 11.2. The van der Waals surface area contributed by atoms with Gasteiger partial charge in [-0.15, -0.1) is 0 Å². The number of carboxylic acid groups (broad SMARTS) is 1. The molecule has 21 heavy (non-hydrogen) atoms. The number of aliphatic carboxylic acids is 1. The fraction of sp³-hybridized carbons (Fsp3) is 0.909. The number of hydrogen-bond donors (Lipinski definition) is 3. The lowest BCUT2D eigenvalue weighted by Crippen LogP contribution is -2.60. The van der Waals surface area contributed by atoms with Crippen molar-refractivity contribution >= 4 is 5.97 Å². The smallest absolute Gasteiger partial charge is 0.367 e. The van der Waals surface area contributed by atoms with Crippen molar-refractivity contribution < 1.29 is 47.8 Å². The third-order valence-electron chi connectivity index (χ3n) is 3.11. The van der Waals surface area contributed by atoms with E-state index in [0.29, 0.717) is 0 Å². The molecule has 8 nitrogen and oxygen atoms in total. The third-order valence-corrected chi connectivity index (χ3v) is 3.11. The van der Waals surface area contributed by atoms with Crippen LogP contribution in [0.1, 0.15) is 13.8 Å². The van der Waals surface area contributed by atoms with Gasteiger partial charge in [0.05, 0.1) is 6.61 Å². The largest absolute Gasteiger partial charge is 0.477 e. The van der Waals surface area contributed by atoms with Gasteiger partial charge in [0, 0.05) is 0 Å². The number of halogens is 2. The Labute approximate surface area is 118 Å². The van der Waals surface area contributed by atoms with E-state index in [4.69, 9.17) is 19.3 Å². The topological polar surface area (TPSA) is 115 Å². The SMILES string of the molecule is CC1(C)O[C@@H]([C@@H]2OC(C(F)F)OC[C@@H]2O)[C@@](O)(C(=O)O)O1. The van der Waals surface area contributed by atoms with E-state index in [9.17, 15) is 23.8 Å². The molecule has 10 heteroatoms. The molecule has 0 saturated carbocycles. The van der Waals surface area contributed by atoms with Crippen molar-refractivity contribution in [3.8, 4) is 0 Å². The van der Waals surface area contributed by atoms with Crippen LogP contribution in [0.5, 0.6) is 0 Å². The van der Waals surface area contributed by atoms with Gasteiger partial charge in [-0.2, -0.15) is 0 Å². The summed E-state index contributed by atoms with van der Waals surface area (Å²) in [6.45, 7) is 2.14. The Morgan fingerprint density at radius 2 is 2.00 bits per heavy atom. The van der Waals surface area contributed by atoms with E-state index in [-0.39, 0.29) is 0 Å². The first-order chi connectivity index (χ1) is 9.57. The molecule has 3 N–H and O–H groups in total. The number of alkyl halides is 2. The van der Waals surface area contributed by atoms with Crippen molar-refractivity contribution in [1.29, 1.82) is 0 Å². The van der Waals surface area contributed by atoms with Crippen molar-refractivity contribution in [3.05, 3.63) is 0 Å². The number of aliphatic hydroxyl groups excluding tert-OH is 1. The predicted molar refractivity (Wildman–Crippen MR) is 59.2 cm³/mol. The molecule has 2 aliphatic rings. The molecule has 122 valence electrons. The van der Waals surface area contributed by atoms with Crippen LogP contribution in [0, 0.1) is 0 Å². The summed E-state index contributed by atoms with van der Waals surface area (Å²) in [7, 11) is 0. The van der Waals surface area contributed by atoms with Gasteiger partial charge in [-0.3, -0.25) is 0 Å². The van der Waals surface area contributed by atoms with E-state index in [1.165, 1.54) is 13.8 Å². The maximum atomic E-state index is 12.6. The molecule has 2 heterocycles. The zero-order chi connectivity index (χ0) is 16.0. The Bertz CT molecular complexity index is 417. The summed E-state index contributed by atoms with van der Waals surface area (Å²) >= 11 is 0. The van der Waals surface area contributed by atoms with E-state index in [1.54, 1.807) is 0 Å². The number of rotatable bonds is 3. The van der Waals surface area contributed by atoms with Gasteiger partial charge in [-0.05, 0) is 13.8 Å². The summed E-state index contributed by atoms with van der Waals surface area (Å²) in [5, 5.41) is 29.0. The first-order valence-corrected chi connectivity index (χ1v) is 6.14. The van der Waals surface area contributed by atoms with Crippen molar-refractivity contribution in [1.82, 2.24) is 0 Å². The van der Waals surface area contributed by atoms with Gasteiger partial charge in [0.1, 0.15) is 12.2 Å². The van der Waals surface area contributed by atoms with Crippen LogP contribution in [-0.2, 0) is 23.7 Å². The second-order valence-electron chi connectivity index (χ2n) is 5.25. The Balaban J connectivity index is 2.26. The van der Waals surface area contributed by atoms with E-state index >= 15 is 0 Å². The van der Waals surface area contributed by atoms with Crippen LogP contribution in [0.25, 0.3) is 0 Å². The second-order valence-corrected chi connectivity index (χ2v) is 5.25. The molecule has 0 aromatic rings. The minimum absolute atomic E-state index is 0.518. The van der Waals surface area contributed by atoms with Gasteiger partial charge < -0.3 is 34.3 Å². The summed E-state index contributed by atoms with van der Waals surface area (Å²) in [4.78, 5) is 11.2. The van der Waals surface area contributed by atoms with Crippen molar-refractivity contribution in [2.75, 3.05) is 6.61 Å². The zero-order valence-electron chi connectivity index (χ0n) is 11.2. The lowest BCUT2D eigenvalue weighted by atomic mass is 9.99. The number of ether oxygens (including phenoxy) is 4. The van der Waals surface area contributed by atoms with Gasteiger partial charge in [-0.25, -0.2) is 13.6 Å². The van der Waals surface area contributed by atoms with Crippen LogP contribution in [0.4, 0.5) is 8.78 Å². The molecule has 0 aromatic heterocycles. The van der Waals surface area contributed by atoms with E-state index in [0.717, 1.165) is 0 Å². The molecule has 2 aliphatic heterocycles. The summed E-state index contributed by atoms with van der Waals surface area (Å²) in [5.74, 6) is -6.12. The van der Waals surface area contributed by atoms with E-state index < -0.39 is 55.2 Å². The Morgan fingerprint density at radius 3 is 2.52 bits per heavy atom. The molecule has 2 saturated heterocycles. The molecule has 0 bridgehead atoms. The summed E-state index contributed by atoms with van der Waals surface area (Å²) in [5.41, 5.74) is 0. The second kappa shape index (κ2) is 5.38. The van der Waals surface area contributed by atoms with Crippen LogP contribution in [0.2, 0.25) is 0 Å². The van der Waals surface area contributed by atoms with E-state index in [2.05, 4.69) is 4.74 Å². The van der Waals surface area contributed by atoms with Gasteiger partial charge in [0.25, 0.3) is 12.2 Å². The molecular formula is C11H16F2O8. The van der Waals surface area contributed by atoms with Gasteiger partial charge in [0.15, 0.2) is 11.9 Å². The fourth-order valence-corrected chi connectivity index (χ4v) is 2.28. The molecular weight excluding hydrogens is 298 g/mol. The quantitative estimate of drug-likeness (QED) is 0.625. The molecule has 0 aliphatic carbocycles. The van der Waals surface area contributed by atoms with Gasteiger partial charge in [-0.1, -0.05) is 0 Å². The number of carboxylic acids is 1. The highest BCUT2D eigenvalue weighted by molar-refractivity contribution is 5.76. The standard InChI is InChI=1S/C11H16F2O8/c1-10(2)20-6(11(17,21-10)9(15)16)5-4(14)3-18-8(19-5)7(12)13/h4-8,14,17H,3H2,1-2H3,(H,15,16)/t4-,5+,6-,8?,11-/m0/s1. The number of aliphatic hydroxyl groups is 2. The van der Waals surface area contributed by atoms with Crippen molar-refractivity contribution in [2.45, 2.75) is 56.4 Å². The number of hydrogen-bond acceptors (Lipinski definition) is 7. The Kier molecular flexibility index (Phi) is 4.21. The van der Waals surface area contributed by atoms with Crippen LogP contribution in [0.15, 0.2) is 0 Å². The molecule has 0 aromatic carbocycles. The average molecular weight is 314 g/mol. The minimum Gasteiger partial charge on any atom is -0.477 e. The Morgan fingerprint density at radius 1 is 1.38 bits per heavy atom. The molecule has 5 atom stereocenters. The molecule has 1 unspecified atom stereocenters. The number of carbonyl (C=O) groups is 1. The predicted octanol–water partition coefficient (Wildman–Crippen LogP) is -0.721. The minimum atomic E-state index is -3.01. The third kappa shape index (κ3) is 3.00. The molecule has 0 radical (unpaired) electrons. The summed E-state index contributed by atoms with van der Waals surface area (Å²) in [6, 6.07) is 0. The van der Waals surface area contributed by atoms with Crippen molar-refractivity contribution in [2.24, 2.45) is 0 Å². The molecule has 2 rings (SSSR count).